The Morgan fingerprint density at radius 1 is 0.850 bits per heavy atom. The first-order valence-corrected chi connectivity index (χ1v) is 7.10. The third-order valence-corrected chi connectivity index (χ3v) is 4.17. The van der Waals surface area contributed by atoms with Crippen molar-refractivity contribution in [1.82, 2.24) is 4.57 Å². The zero-order valence-corrected chi connectivity index (χ0v) is 11.9. The second kappa shape index (κ2) is 4.11. The molecule has 1 heteroatoms. The van der Waals surface area contributed by atoms with Crippen LogP contribution >= 0.6 is 0 Å². The van der Waals surface area contributed by atoms with Crippen molar-refractivity contribution in [2.75, 3.05) is 0 Å². The summed E-state index contributed by atoms with van der Waals surface area (Å²) in [5.74, 6) is 0. The molecule has 0 amide bonds. The summed E-state index contributed by atoms with van der Waals surface area (Å²) in [7, 11) is 0. The highest BCUT2D eigenvalue weighted by atomic mass is 15.0. The fourth-order valence-corrected chi connectivity index (χ4v) is 3.35. The molecule has 0 radical (unpaired) electrons. The van der Waals surface area contributed by atoms with Crippen molar-refractivity contribution in [3.8, 4) is 16.9 Å². The molecule has 0 aliphatic heterocycles. The predicted molar refractivity (Wildman–Crippen MR) is 83.5 cm³/mol. The van der Waals surface area contributed by atoms with Crippen LogP contribution in [0.1, 0.15) is 22.4 Å². The zero-order valence-electron chi connectivity index (χ0n) is 11.9. The van der Waals surface area contributed by atoms with Gasteiger partial charge in [-0.05, 0) is 43.2 Å². The first kappa shape index (κ1) is 11.5. The van der Waals surface area contributed by atoms with Gasteiger partial charge in [0.2, 0.25) is 0 Å². The van der Waals surface area contributed by atoms with Crippen LogP contribution in [0.3, 0.4) is 0 Å². The number of nitrogens with zero attached hydrogens (tertiary/aromatic N) is 1. The molecule has 0 saturated carbocycles. The Hall–Kier alpha value is -2.28. The van der Waals surface area contributed by atoms with Gasteiger partial charge >= 0.3 is 0 Å². The summed E-state index contributed by atoms with van der Waals surface area (Å²) in [6.45, 7) is 4.36. The van der Waals surface area contributed by atoms with E-state index in [1.54, 1.807) is 0 Å². The maximum Gasteiger partial charge on any atom is 0.0569 e. The van der Waals surface area contributed by atoms with Crippen LogP contribution in [0.2, 0.25) is 0 Å². The molecular weight excluding hydrogens is 242 g/mol. The highest BCUT2D eigenvalue weighted by Gasteiger charge is 2.24. The lowest BCUT2D eigenvalue weighted by Gasteiger charge is -2.12. The Morgan fingerprint density at radius 2 is 1.65 bits per heavy atom. The number of hydrogen-bond acceptors (Lipinski definition) is 0. The molecule has 1 nitrogen and oxygen atoms in total. The summed E-state index contributed by atoms with van der Waals surface area (Å²) in [5.41, 5.74) is 9.59. The van der Waals surface area contributed by atoms with Gasteiger partial charge in [0, 0.05) is 23.4 Å². The molecular formula is C19H17N. The van der Waals surface area contributed by atoms with Gasteiger partial charge in [-0.2, -0.15) is 0 Å². The number of benzene rings is 2. The third-order valence-electron chi connectivity index (χ3n) is 4.17. The maximum atomic E-state index is 2.39. The van der Waals surface area contributed by atoms with E-state index in [4.69, 9.17) is 0 Å². The summed E-state index contributed by atoms with van der Waals surface area (Å²) in [5, 5.41) is 0. The van der Waals surface area contributed by atoms with E-state index in [-0.39, 0.29) is 0 Å². The molecule has 0 saturated heterocycles. The van der Waals surface area contributed by atoms with Crippen molar-refractivity contribution >= 4 is 0 Å². The second-order valence-electron chi connectivity index (χ2n) is 5.67. The lowest BCUT2D eigenvalue weighted by Crippen LogP contribution is -1.98. The molecule has 1 aliphatic carbocycles. The Bertz CT molecular complexity index is 794. The highest BCUT2D eigenvalue weighted by molar-refractivity contribution is 5.77. The molecule has 2 aromatic carbocycles. The molecule has 1 aliphatic rings. The average Bonchev–Trinajstić information content (AvgIpc) is 2.93. The molecule has 98 valence electrons. The van der Waals surface area contributed by atoms with E-state index in [0.29, 0.717) is 0 Å². The highest BCUT2D eigenvalue weighted by Crippen LogP contribution is 2.40. The molecule has 0 atom stereocenters. The number of aromatic nitrogens is 1. The topological polar surface area (TPSA) is 4.93 Å². The molecule has 0 bridgehead atoms. The van der Waals surface area contributed by atoms with Crippen molar-refractivity contribution in [2.24, 2.45) is 0 Å². The summed E-state index contributed by atoms with van der Waals surface area (Å²) in [6, 6.07) is 19.8. The Morgan fingerprint density at radius 3 is 2.45 bits per heavy atom. The Labute approximate surface area is 119 Å². The minimum absolute atomic E-state index is 1.06. The van der Waals surface area contributed by atoms with Gasteiger partial charge in [-0.3, -0.25) is 0 Å². The molecule has 0 spiro atoms. The lowest BCUT2D eigenvalue weighted by molar-refractivity contribution is 1.02. The average molecular weight is 259 g/mol. The van der Waals surface area contributed by atoms with Gasteiger partial charge in [0.25, 0.3) is 0 Å². The van der Waals surface area contributed by atoms with Crippen LogP contribution in [0.5, 0.6) is 0 Å². The van der Waals surface area contributed by atoms with Gasteiger partial charge in [-0.15, -0.1) is 0 Å². The van der Waals surface area contributed by atoms with Crippen LogP contribution in [0, 0.1) is 13.8 Å². The lowest BCUT2D eigenvalue weighted by atomic mass is 10.1. The van der Waals surface area contributed by atoms with E-state index in [0.717, 1.165) is 6.42 Å². The maximum absolute atomic E-state index is 2.39. The first-order chi connectivity index (χ1) is 9.74. The van der Waals surface area contributed by atoms with Crippen LogP contribution in [-0.4, -0.2) is 4.57 Å². The van der Waals surface area contributed by atoms with E-state index in [1.807, 2.05) is 0 Å². The van der Waals surface area contributed by atoms with Crippen LogP contribution in [0.25, 0.3) is 16.9 Å². The number of rotatable bonds is 1. The van der Waals surface area contributed by atoms with E-state index in [2.05, 4.69) is 73.0 Å². The van der Waals surface area contributed by atoms with Crippen LogP contribution in [0.15, 0.2) is 54.6 Å². The van der Waals surface area contributed by atoms with Gasteiger partial charge in [-0.25, -0.2) is 0 Å². The molecule has 1 heterocycles. The third kappa shape index (κ3) is 1.56. The first-order valence-electron chi connectivity index (χ1n) is 7.10. The second-order valence-corrected chi connectivity index (χ2v) is 5.67. The van der Waals surface area contributed by atoms with Crippen LogP contribution < -0.4 is 0 Å². The van der Waals surface area contributed by atoms with Crippen molar-refractivity contribution in [2.45, 2.75) is 20.3 Å². The molecule has 0 fully saturated rings. The zero-order chi connectivity index (χ0) is 13.7. The summed E-state index contributed by atoms with van der Waals surface area (Å²) < 4.78 is 2.39. The number of para-hydroxylation sites is 1. The molecule has 0 N–H and O–H groups in total. The smallest absolute Gasteiger partial charge is 0.0569 e. The normalized spacial score (nSPS) is 12.3. The fraction of sp³-hybridized carbons (Fsp3) is 0.158. The number of aryl methyl sites for hydroxylation is 2. The summed E-state index contributed by atoms with van der Waals surface area (Å²) in [6.07, 6.45) is 1.06. The van der Waals surface area contributed by atoms with E-state index in [1.165, 1.54) is 39.3 Å². The number of fused-ring (bicyclic) bond motifs is 3. The van der Waals surface area contributed by atoms with Gasteiger partial charge in [-0.1, -0.05) is 42.0 Å². The Balaban J connectivity index is 1.99. The minimum Gasteiger partial charge on any atom is -0.314 e. The quantitative estimate of drug-likeness (QED) is 0.468. The molecule has 1 aromatic heterocycles. The van der Waals surface area contributed by atoms with Crippen molar-refractivity contribution < 1.29 is 0 Å². The van der Waals surface area contributed by atoms with E-state index >= 15 is 0 Å². The monoisotopic (exact) mass is 259 g/mol. The number of hydrogen-bond donors (Lipinski definition) is 0. The van der Waals surface area contributed by atoms with Crippen molar-refractivity contribution in [3.05, 3.63) is 77.0 Å². The fourth-order valence-electron chi connectivity index (χ4n) is 3.35. The van der Waals surface area contributed by atoms with Gasteiger partial charge < -0.3 is 4.57 Å². The predicted octanol–water partition coefficient (Wildman–Crippen LogP) is 4.67. The standard InChI is InChI=1S/C19H17N/c1-13-8-9-18-15(10-13)12-16-11-14(2)20(19(16)18)17-6-4-3-5-7-17/h3-11H,12H2,1-2H3. The largest absolute Gasteiger partial charge is 0.314 e. The van der Waals surface area contributed by atoms with Gasteiger partial charge in [0.1, 0.15) is 0 Å². The summed E-state index contributed by atoms with van der Waals surface area (Å²) >= 11 is 0. The van der Waals surface area contributed by atoms with Crippen molar-refractivity contribution in [3.63, 3.8) is 0 Å². The Kier molecular flexibility index (Phi) is 2.37. The summed E-state index contributed by atoms with van der Waals surface area (Å²) in [4.78, 5) is 0. The van der Waals surface area contributed by atoms with Crippen LogP contribution in [-0.2, 0) is 6.42 Å². The van der Waals surface area contributed by atoms with Crippen LogP contribution in [0.4, 0.5) is 0 Å². The van der Waals surface area contributed by atoms with Gasteiger partial charge in [0.15, 0.2) is 0 Å². The van der Waals surface area contributed by atoms with Crippen molar-refractivity contribution in [1.29, 1.82) is 0 Å². The molecule has 0 unspecified atom stereocenters. The van der Waals surface area contributed by atoms with Gasteiger partial charge in [0.05, 0.1) is 5.69 Å². The molecule has 20 heavy (non-hydrogen) atoms. The molecule has 4 rings (SSSR count). The minimum atomic E-state index is 1.06. The van der Waals surface area contributed by atoms with E-state index < -0.39 is 0 Å². The molecule has 3 aromatic rings. The SMILES string of the molecule is Cc1ccc2c(c1)Cc1cc(C)n(-c3ccccc3)c1-2. The van der Waals surface area contributed by atoms with E-state index in [9.17, 15) is 0 Å².